The van der Waals surface area contributed by atoms with Crippen LogP contribution in [0.1, 0.15) is 25.7 Å². The Hall–Kier alpha value is 1.13. The summed E-state index contributed by atoms with van der Waals surface area (Å²) in [6, 6.07) is 0. The van der Waals surface area contributed by atoms with Crippen LogP contribution in [0.25, 0.3) is 0 Å². The van der Waals surface area contributed by atoms with E-state index in [1.54, 1.807) is 0 Å². The molecular weight excluding hydrogens is 317 g/mol. The molecule has 0 heterocycles. The zero-order chi connectivity index (χ0) is 13.9. The van der Waals surface area contributed by atoms with Gasteiger partial charge < -0.3 is 4.55 Å². The Bertz CT molecular complexity index is 342. The van der Waals surface area contributed by atoms with Crippen molar-refractivity contribution in [2.75, 3.05) is 0 Å². The summed E-state index contributed by atoms with van der Waals surface area (Å²) in [4.78, 5) is 0. The molecule has 0 bridgehead atoms. The van der Waals surface area contributed by atoms with Gasteiger partial charge in [-0.25, -0.2) is 12.8 Å². The smallest absolute Gasteiger partial charge is 0.743 e. The Morgan fingerprint density at radius 1 is 1.06 bits per heavy atom. The van der Waals surface area contributed by atoms with E-state index in [2.05, 4.69) is 0 Å². The minimum absolute atomic E-state index is 0. The maximum Gasteiger partial charge on any atom is 1.00 e. The number of unbranched alkanes of at least 4 members (excludes halogenated alkanes) is 1. The molecule has 0 aromatic heterocycles. The van der Waals surface area contributed by atoms with Gasteiger partial charge in [0, 0.05) is 6.42 Å². The van der Waals surface area contributed by atoms with Crippen LogP contribution in [0.3, 0.4) is 0 Å². The van der Waals surface area contributed by atoms with E-state index >= 15 is 0 Å². The van der Waals surface area contributed by atoms with Crippen LogP contribution >= 0.6 is 0 Å². The van der Waals surface area contributed by atoms with E-state index in [1.807, 2.05) is 0 Å². The molecule has 0 saturated heterocycles. The van der Waals surface area contributed by atoms with Gasteiger partial charge >= 0.3 is 62.8 Å². The Balaban J connectivity index is 0. The van der Waals surface area contributed by atoms with Crippen molar-refractivity contribution in [3.8, 4) is 0 Å². The van der Waals surface area contributed by atoms with Crippen LogP contribution in [0, 0.1) is 0 Å². The molecule has 104 valence electrons. The van der Waals surface area contributed by atoms with E-state index in [9.17, 15) is 39.3 Å². The van der Waals surface area contributed by atoms with Gasteiger partial charge in [0.25, 0.3) is 0 Å². The van der Waals surface area contributed by atoms with Gasteiger partial charge in [-0.1, -0.05) is 0 Å². The first kappa shape index (κ1) is 21.4. The maximum absolute atomic E-state index is 12.7. The zero-order valence-electron chi connectivity index (χ0n) is 9.31. The molecule has 0 spiro atoms. The summed E-state index contributed by atoms with van der Waals surface area (Å²) in [5.74, 6) is 0. The van der Waals surface area contributed by atoms with Crippen molar-refractivity contribution in [2.24, 2.45) is 0 Å². The number of rotatable bonds is 6. The van der Waals surface area contributed by atoms with Crippen molar-refractivity contribution in [3.05, 3.63) is 0 Å². The predicted molar refractivity (Wildman–Crippen MR) is 44.1 cm³/mol. The van der Waals surface area contributed by atoms with Gasteiger partial charge in [0.2, 0.25) is 0 Å². The van der Waals surface area contributed by atoms with E-state index in [0.717, 1.165) is 0 Å². The third-order valence-corrected chi connectivity index (χ3v) is 2.79. The summed E-state index contributed by atoms with van der Waals surface area (Å²) in [5, 5.41) is -5.11. The molecule has 0 aromatic rings. The first-order chi connectivity index (χ1) is 7.38. The molecule has 0 fully saturated rings. The molecule has 1 unspecified atom stereocenters. The van der Waals surface area contributed by atoms with Crippen molar-refractivity contribution >= 4 is 10.1 Å². The third-order valence-electron chi connectivity index (χ3n) is 1.87. The Labute approximate surface area is 142 Å². The summed E-state index contributed by atoms with van der Waals surface area (Å²) in [6.07, 6.45) is -11.4. The van der Waals surface area contributed by atoms with E-state index in [4.69, 9.17) is 0 Å². The molecule has 0 rings (SSSR count). The Kier molecular flexibility index (Phi) is 9.27. The summed E-state index contributed by atoms with van der Waals surface area (Å²) in [5.41, 5.74) is 0. The monoisotopic (exact) mass is 326 g/mol. The first-order valence-electron chi connectivity index (χ1n) is 4.42. The maximum atomic E-state index is 12.7. The van der Waals surface area contributed by atoms with Crippen LogP contribution < -0.4 is 51.4 Å². The Morgan fingerprint density at radius 2 is 1.50 bits per heavy atom. The van der Waals surface area contributed by atoms with E-state index < -0.39 is 53.4 Å². The Morgan fingerprint density at radius 3 is 1.83 bits per heavy atom. The number of hydrogen-bond donors (Lipinski definition) is 0. The van der Waals surface area contributed by atoms with Crippen LogP contribution in [0.5, 0.6) is 0 Å². The molecule has 11 heteroatoms. The summed E-state index contributed by atoms with van der Waals surface area (Å²) in [6.45, 7) is 0. The number of halogens is 6. The SMILES string of the molecule is O=S(=O)([O-])C(F)(F)C(F)CCCCC(F)(F)F.[K+]. The van der Waals surface area contributed by atoms with Gasteiger partial charge in [-0.15, -0.1) is 0 Å². The van der Waals surface area contributed by atoms with Gasteiger partial charge in [-0.05, 0) is 19.3 Å². The van der Waals surface area contributed by atoms with Crippen LogP contribution in [0.2, 0.25) is 0 Å². The van der Waals surface area contributed by atoms with E-state index in [-0.39, 0.29) is 51.4 Å². The normalized spacial score (nSPS) is 15.1. The molecule has 0 aliphatic rings. The largest absolute Gasteiger partial charge is 1.00 e. The molecule has 0 saturated carbocycles. The first-order valence-corrected chi connectivity index (χ1v) is 5.83. The second-order valence-electron chi connectivity index (χ2n) is 3.34. The molecule has 0 amide bonds. The molecule has 0 radical (unpaired) electrons. The van der Waals surface area contributed by atoms with Crippen molar-refractivity contribution in [2.45, 2.75) is 43.3 Å². The van der Waals surface area contributed by atoms with Crippen molar-refractivity contribution < 1.29 is 90.7 Å². The molecule has 0 N–H and O–H groups in total. The number of hydrogen-bond acceptors (Lipinski definition) is 3. The average Bonchev–Trinajstić information content (AvgIpc) is 2.08. The van der Waals surface area contributed by atoms with E-state index in [1.165, 1.54) is 0 Å². The topological polar surface area (TPSA) is 57.2 Å². The van der Waals surface area contributed by atoms with Crippen LogP contribution in [0.15, 0.2) is 0 Å². The fourth-order valence-corrected chi connectivity index (χ4v) is 1.40. The quantitative estimate of drug-likeness (QED) is 0.289. The number of alkyl halides is 6. The zero-order valence-corrected chi connectivity index (χ0v) is 13.2. The van der Waals surface area contributed by atoms with Gasteiger partial charge in [0.05, 0.1) is 0 Å². The van der Waals surface area contributed by atoms with Gasteiger partial charge in [0.1, 0.15) is 0 Å². The second kappa shape index (κ2) is 7.79. The average molecular weight is 326 g/mol. The molecule has 0 aromatic carbocycles. The van der Waals surface area contributed by atoms with Crippen LogP contribution in [-0.4, -0.2) is 30.6 Å². The van der Waals surface area contributed by atoms with Gasteiger partial charge in [0.15, 0.2) is 16.3 Å². The van der Waals surface area contributed by atoms with Crippen LogP contribution in [0.4, 0.5) is 26.3 Å². The van der Waals surface area contributed by atoms with Crippen molar-refractivity contribution in [3.63, 3.8) is 0 Å². The molecule has 1 atom stereocenters. The summed E-state index contributed by atoms with van der Waals surface area (Å²) >= 11 is 0. The van der Waals surface area contributed by atoms with Crippen molar-refractivity contribution in [1.82, 2.24) is 0 Å². The molecule has 3 nitrogen and oxygen atoms in total. The van der Waals surface area contributed by atoms with Gasteiger partial charge in [-0.3, -0.25) is 0 Å². The van der Waals surface area contributed by atoms with Crippen LogP contribution in [-0.2, 0) is 10.1 Å². The molecular formula is C7H9F6KO3S. The van der Waals surface area contributed by atoms with E-state index in [0.29, 0.717) is 0 Å². The van der Waals surface area contributed by atoms with Gasteiger partial charge in [-0.2, -0.15) is 22.0 Å². The third kappa shape index (κ3) is 7.65. The standard InChI is InChI=1S/C7H10F6O3S.K/c8-5(7(12,13)17(14,15)16)3-1-2-4-6(9,10)11;/h5H,1-4H2,(H,14,15,16);/q;+1/p-1. The fraction of sp³-hybridized carbons (Fsp3) is 1.00. The molecule has 18 heavy (non-hydrogen) atoms. The summed E-state index contributed by atoms with van der Waals surface area (Å²) in [7, 11) is -6.15. The molecule has 0 aliphatic carbocycles. The summed E-state index contributed by atoms with van der Waals surface area (Å²) < 4.78 is 102. The minimum Gasteiger partial charge on any atom is -0.743 e. The minimum atomic E-state index is -6.15. The predicted octanol–water partition coefficient (Wildman–Crippen LogP) is -0.411. The second-order valence-corrected chi connectivity index (χ2v) is 4.80. The fourth-order valence-electron chi connectivity index (χ4n) is 0.974. The van der Waals surface area contributed by atoms with Crippen molar-refractivity contribution in [1.29, 1.82) is 0 Å². The molecule has 0 aliphatic heterocycles.